The highest BCUT2D eigenvalue weighted by Gasteiger charge is 2.15. The van der Waals surface area contributed by atoms with Crippen LogP contribution in [0.4, 0.5) is 0 Å². The van der Waals surface area contributed by atoms with E-state index in [4.69, 9.17) is 21.1 Å². The lowest BCUT2D eigenvalue weighted by atomic mass is 10.1. The summed E-state index contributed by atoms with van der Waals surface area (Å²) >= 11 is 9.62. The first-order valence-corrected chi connectivity index (χ1v) is 10.7. The van der Waals surface area contributed by atoms with Crippen LogP contribution in [0.15, 0.2) is 65.1 Å². The quantitative estimate of drug-likeness (QED) is 0.368. The third kappa shape index (κ3) is 6.23. The minimum absolute atomic E-state index is 0.492. The Labute approximate surface area is 186 Å². The molecule has 0 saturated carbocycles. The van der Waals surface area contributed by atoms with Crippen molar-refractivity contribution >= 4 is 27.5 Å². The van der Waals surface area contributed by atoms with Crippen LogP contribution in [0.2, 0.25) is 5.02 Å². The molecule has 3 aromatic rings. The molecule has 29 heavy (non-hydrogen) atoms. The first-order chi connectivity index (χ1) is 14.1. The number of hydrogen-bond acceptors (Lipinski definition) is 3. The number of ether oxygens (including phenoxy) is 2. The molecule has 152 valence electrons. The Morgan fingerprint density at radius 2 is 1.79 bits per heavy atom. The maximum Gasteiger partial charge on any atom is 0.167 e. The van der Waals surface area contributed by atoms with Gasteiger partial charge >= 0.3 is 0 Å². The van der Waals surface area contributed by atoms with Crippen LogP contribution in [0, 0.1) is 6.92 Å². The van der Waals surface area contributed by atoms with Crippen molar-refractivity contribution in [2.24, 2.45) is 0 Å². The number of rotatable bonds is 9. The van der Waals surface area contributed by atoms with E-state index in [0.29, 0.717) is 13.2 Å². The molecule has 0 saturated heterocycles. The summed E-state index contributed by atoms with van der Waals surface area (Å²) in [5.41, 5.74) is 4.65. The molecule has 0 atom stereocenters. The van der Waals surface area contributed by atoms with Crippen LogP contribution in [0.3, 0.4) is 0 Å². The van der Waals surface area contributed by atoms with Gasteiger partial charge in [0.2, 0.25) is 0 Å². The molecule has 0 radical (unpaired) electrons. The molecule has 0 spiro atoms. The average molecular weight is 475 g/mol. The van der Waals surface area contributed by atoms with Gasteiger partial charge in [0.15, 0.2) is 11.5 Å². The Morgan fingerprint density at radius 1 is 1.00 bits per heavy atom. The summed E-state index contributed by atoms with van der Waals surface area (Å²) in [7, 11) is 1.67. The largest absolute Gasteiger partial charge is 0.493 e. The highest BCUT2D eigenvalue weighted by atomic mass is 79.9. The molecule has 5 heteroatoms. The van der Waals surface area contributed by atoms with E-state index in [1.165, 1.54) is 11.1 Å². The highest BCUT2D eigenvalue weighted by Crippen LogP contribution is 2.36. The van der Waals surface area contributed by atoms with Gasteiger partial charge in [-0.2, -0.15) is 0 Å². The van der Waals surface area contributed by atoms with Gasteiger partial charge in [-0.25, -0.2) is 0 Å². The molecule has 0 aliphatic rings. The molecule has 0 aliphatic heterocycles. The number of methoxy groups -OCH3 is 1. The lowest BCUT2D eigenvalue weighted by Gasteiger charge is -2.17. The van der Waals surface area contributed by atoms with Crippen LogP contribution in [0.1, 0.15) is 22.3 Å². The Bertz CT molecular complexity index is 944. The van der Waals surface area contributed by atoms with E-state index >= 15 is 0 Å². The van der Waals surface area contributed by atoms with Gasteiger partial charge in [-0.15, -0.1) is 0 Å². The van der Waals surface area contributed by atoms with Crippen molar-refractivity contribution in [1.29, 1.82) is 0 Å². The fourth-order valence-electron chi connectivity index (χ4n) is 3.12. The second kappa shape index (κ2) is 10.7. The summed E-state index contributed by atoms with van der Waals surface area (Å²) in [4.78, 5) is 0. The molecule has 0 aliphatic carbocycles. The van der Waals surface area contributed by atoms with Gasteiger partial charge in [0.1, 0.15) is 6.61 Å². The normalized spacial score (nSPS) is 10.8. The first kappa shape index (κ1) is 21.7. The SMILES string of the molecule is COc1ccc(Br)c(CNCCc2ccc(Cl)cc2)c1OCc1cccc(C)c1. The molecule has 0 fully saturated rings. The van der Waals surface area contributed by atoms with Gasteiger partial charge in [-0.3, -0.25) is 0 Å². The van der Waals surface area contributed by atoms with E-state index in [-0.39, 0.29) is 0 Å². The molecular weight excluding hydrogens is 450 g/mol. The Balaban J connectivity index is 1.67. The lowest BCUT2D eigenvalue weighted by Crippen LogP contribution is -2.18. The van der Waals surface area contributed by atoms with Gasteiger partial charge in [0.05, 0.1) is 7.11 Å². The van der Waals surface area contributed by atoms with Crippen molar-refractivity contribution in [3.63, 3.8) is 0 Å². The predicted octanol–water partition coefficient (Wildman–Crippen LogP) is 6.33. The zero-order valence-corrected chi connectivity index (χ0v) is 19.0. The predicted molar refractivity (Wildman–Crippen MR) is 123 cm³/mol. The number of hydrogen-bond donors (Lipinski definition) is 1. The standard InChI is InChI=1S/C24H25BrClNO2/c1-17-4-3-5-19(14-17)16-29-24-21(22(25)10-11-23(24)28-2)15-27-13-12-18-6-8-20(26)9-7-18/h3-11,14,27H,12-13,15-16H2,1-2H3. The van der Waals surface area contributed by atoms with Gasteiger partial charge in [-0.1, -0.05) is 69.5 Å². The van der Waals surface area contributed by atoms with E-state index in [1.807, 2.05) is 30.3 Å². The van der Waals surface area contributed by atoms with E-state index in [2.05, 4.69) is 58.5 Å². The van der Waals surface area contributed by atoms with Crippen LogP contribution in [-0.2, 0) is 19.6 Å². The summed E-state index contributed by atoms with van der Waals surface area (Å²) in [6, 6.07) is 20.2. The number of benzene rings is 3. The maximum absolute atomic E-state index is 6.20. The molecular formula is C24H25BrClNO2. The van der Waals surface area contributed by atoms with Gasteiger partial charge in [0, 0.05) is 21.6 Å². The smallest absolute Gasteiger partial charge is 0.167 e. The van der Waals surface area contributed by atoms with E-state index < -0.39 is 0 Å². The van der Waals surface area contributed by atoms with Crippen LogP contribution < -0.4 is 14.8 Å². The van der Waals surface area contributed by atoms with Crippen molar-refractivity contribution in [3.05, 3.63) is 92.4 Å². The van der Waals surface area contributed by atoms with Crippen molar-refractivity contribution in [2.75, 3.05) is 13.7 Å². The zero-order chi connectivity index (χ0) is 20.6. The van der Waals surface area contributed by atoms with E-state index in [9.17, 15) is 0 Å². The second-order valence-electron chi connectivity index (χ2n) is 6.89. The first-order valence-electron chi connectivity index (χ1n) is 9.55. The zero-order valence-electron chi connectivity index (χ0n) is 16.7. The fourth-order valence-corrected chi connectivity index (χ4v) is 3.70. The molecule has 3 aromatic carbocycles. The third-order valence-electron chi connectivity index (χ3n) is 4.66. The van der Waals surface area contributed by atoms with Crippen molar-refractivity contribution in [1.82, 2.24) is 5.32 Å². The maximum atomic E-state index is 6.20. The van der Waals surface area contributed by atoms with Crippen molar-refractivity contribution < 1.29 is 9.47 Å². The van der Waals surface area contributed by atoms with E-state index in [1.54, 1.807) is 7.11 Å². The number of nitrogens with one attached hydrogen (secondary N) is 1. The summed E-state index contributed by atoms with van der Waals surface area (Å²) < 4.78 is 12.8. The molecule has 3 rings (SSSR count). The molecule has 1 N–H and O–H groups in total. The monoisotopic (exact) mass is 473 g/mol. The van der Waals surface area contributed by atoms with Crippen molar-refractivity contribution in [2.45, 2.75) is 26.5 Å². The van der Waals surface area contributed by atoms with Crippen LogP contribution in [0.5, 0.6) is 11.5 Å². The van der Waals surface area contributed by atoms with Gasteiger partial charge in [-0.05, 0) is 55.3 Å². The molecule has 0 amide bonds. The molecule has 0 unspecified atom stereocenters. The number of halogens is 2. The summed E-state index contributed by atoms with van der Waals surface area (Å²) in [5.74, 6) is 1.50. The topological polar surface area (TPSA) is 30.5 Å². The third-order valence-corrected chi connectivity index (χ3v) is 5.65. The van der Waals surface area contributed by atoms with Crippen LogP contribution in [0.25, 0.3) is 0 Å². The van der Waals surface area contributed by atoms with Gasteiger partial charge in [0.25, 0.3) is 0 Å². The fraction of sp³-hybridized carbons (Fsp3) is 0.250. The highest BCUT2D eigenvalue weighted by molar-refractivity contribution is 9.10. The average Bonchev–Trinajstić information content (AvgIpc) is 2.72. The van der Waals surface area contributed by atoms with E-state index in [0.717, 1.165) is 45.1 Å². The minimum atomic E-state index is 0.492. The summed E-state index contributed by atoms with van der Waals surface area (Å²) in [5, 5.41) is 4.27. The molecule has 0 aromatic heterocycles. The Morgan fingerprint density at radius 3 is 2.52 bits per heavy atom. The number of aryl methyl sites for hydroxylation is 1. The summed E-state index contributed by atoms with van der Waals surface area (Å²) in [6.07, 6.45) is 0.929. The van der Waals surface area contributed by atoms with Crippen LogP contribution in [-0.4, -0.2) is 13.7 Å². The summed E-state index contributed by atoms with van der Waals surface area (Å²) in [6.45, 7) is 4.10. The Kier molecular flexibility index (Phi) is 7.99. The lowest BCUT2D eigenvalue weighted by molar-refractivity contribution is 0.280. The van der Waals surface area contributed by atoms with Gasteiger partial charge < -0.3 is 14.8 Å². The molecule has 3 nitrogen and oxygen atoms in total. The minimum Gasteiger partial charge on any atom is -0.493 e. The Hall–Kier alpha value is -2.01. The second-order valence-corrected chi connectivity index (χ2v) is 8.18. The molecule has 0 bridgehead atoms. The van der Waals surface area contributed by atoms with Crippen molar-refractivity contribution in [3.8, 4) is 11.5 Å². The molecule has 0 heterocycles. The van der Waals surface area contributed by atoms with Crippen LogP contribution >= 0.6 is 27.5 Å².